The Bertz CT molecular complexity index is 315. The van der Waals surface area contributed by atoms with Crippen LogP contribution in [0.4, 0.5) is 0 Å². The topological polar surface area (TPSA) is 17.1 Å². The van der Waals surface area contributed by atoms with Crippen LogP contribution in [0.1, 0.15) is 29.0 Å². The van der Waals surface area contributed by atoms with Crippen molar-refractivity contribution in [2.24, 2.45) is 0 Å². The van der Waals surface area contributed by atoms with E-state index in [1.165, 1.54) is 16.7 Å². The fraction of sp³-hybridized carbons (Fsp3) is 0.364. The molecule has 1 atom stereocenters. The van der Waals surface area contributed by atoms with E-state index in [1.54, 1.807) is 0 Å². The number of benzene rings is 1. The average Bonchev–Trinajstić information content (AvgIpc) is 2.49. The Labute approximate surface area is 72.4 Å². The minimum Gasteiger partial charge on any atom is -0.303 e. The smallest absolute Gasteiger partial charge is 0.127 e. The van der Waals surface area contributed by atoms with Gasteiger partial charge in [0, 0.05) is 5.92 Å². The second-order valence-corrected chi connectivity index (χ2v) is 3.43. The molecule has 0 aromatic heterocycles. The highest BCUT2D eigenvalue weighted by atomic mass is 16.1. The molecule has 0 N–H and O–H groups in total. The quantitative estimate of drug-likeness (QED) is 0.576. The van der Waals surface area contributed by atoms with Crippen LogP contribution in [-0.2, 0) is 11.2 Å². The van der Waals surface area contributed by atoms with Gasteiger partial charge in [-0.1, -0.05) is 18.2 Å². The van der Waals surface area contributed by atoms with Crippen molar-refractivity contribution < 1.29 is 4.79 Å². The molecular formula is C11H12O. The fourth-order valence-electron chi connectivity index (χ4n) is 2.08. The van der Waals surface area contributed by atoms with Crippen LogP contribution >= 0.6 is 0 Å². The molecule has 1 aliphatic rings. The zero-order valence-electron chi connectivity index (χ0n) is 7.21. The first-order chi connectivity index (χ1) is 5.83. The van der Waals surface area contributed by atoms with Gasteiger partial charge in [0.25, 0.3) is 0 Å². The molecule has 0 aliphatic heterocycles. The van der Waals surface area contributed by atoms with E-state index in [-0.39, 0.29) is 5.92 Å². The highest BCUT2D eigenvalue weighted by molar-refractivity contribution is 5.66. The molecule has 0 saturated carbocycles. The maximum Gasteiger partial charge on any atom is 0.127 e. The lowest BCUT2D eigenvalue weighted by atomic mass is 9.98. The number of hydrogen-bond acceptors (Lipinski definition) is 1. The Kier molecular flexibility index (Phi) is 1.72. The highest BCUT2D eigenvalue weighted by Crippen LogP contribution is 2.33. The van der Waals surface area contributed by atoms with Crippen molar-refractivity contribution >= 4 is 6.29 Å². The molecule has 12 heavy (non-hydrogen) atoms. The molecule has 1 aromatic rings. The van der Waals surface area contributed by atoms with E-state index in [9.17, 15) is 4.79 Å². The molecular weight excluding hydrogens is 148 g/mol. The summed E-state index contributed by atoms with van der Waals surface area (Å²) in [4.78, 5) is 10.7. The summed E-state index contributed by atoms with van der Waals surface area (Å²) in [6.07, 6.45) is 3.16. The molecule has 0 bridgehead atoms. The van der Waals surface area contributed by atoms with Crippen LogP contribution in [0.15, 0.2) is 18.2 Å². The summed E-state index contributed by atoms with van der Waals surface area (Å²) in [5, 5.41) is 0. The number of carbonyl (C=O) groups excluding carboxylic acids is 1. The zero-order valence-corrected chi connectivity index (χ0v) is 7.21. The van der Waals surface area contributed by atoms with Crippen molar-refractivity contribution in [2.75, 3.05) is 0 Å². The van der Waals surface area contributed by atoms with Gasteiger partial charge in [0.15, 0.2) is 0 Å². The standard InChI is InChI=1S/C11H12O/c1-8-3-2-4-9-5-6-10(7-12)11(8)9/h2-4,7,10H,5-6H2,1H3. The molecule has 0 heterocycles. The van der Waals surface area contributed by atoms with Crippen molar-refractivity contribution in [3.63, 3.8) is 0 Å². The minimum absolute atomic E-state index is 0.168. The van der Waals surface area contributed by atoms with E-state index in [1.807, 2.05) is 0 Å². The van der Waals surface area contributed by atoms with Crippen molar-refractivity contribution in [1.29, 1.82) is 0 Å². The third-order valence-corrected chi connectivity index (χ3v) is 2.67. The molecule has 0 spiro atoms. The SMILES string of the molecule is Cc1cccc2c1C(C=O)CC2. The molecule has 0 amide bonds. The summed E-state index contributed by atoms with van der Waals surface area (Å²) in [5.41, 5.74) is 3.92. The van der Waals surface area contributed by atoms with E-state index < -0.39 is 0 Å². The Balaban J connectivity index is 2.55. The maximum absolute atomic E-state index is 10.7. The van der Waals surface area contributed by atoms with Gasteiger partial charge in [-0.05, 0) is 36.5 Å². The number of fused-ring (bicyclic) bond motifs is 1. The van der Waals surface area contributed by atoms with Crippen molar-refractivity contribution in [2.45, 2.75) is 25.7 Å². The number of aldehydes is 1. The molecule has 62 valence electrons. The minimum atomic E-state index is 0.168. The first-order valence-electron chi connectivity index (χ1n) is 4.36. The lowest BCUT2D eigenvalue weighted by molar-refractivity contribution is -0.109. The van der Waals surface area contributed by atoms with Crippen LogP contribution in [0, 0.1) is 6.92 Å². The molecule has 0 saturated heterocycles. The monoisotopic (exact) mass is 160 g/mol. The van der Waals surface area contributed by atoms with E-state index in [0.717, 1.165) is 19.1 Å². The van der Waals surface area contributed by atoms with Crippen molar-refractivity contribution in [3.05, 3.63) is 34.9 Å². The van der Waals surface area contributed by atoms with Gasteiger partial charge in [0.05, 0.1) is 0 Å². The normalized spacial score (nSPS) is 20.6. The Morgan fingerprint density at radius 1 is 1.50 bits per heavy atom. The molecule has 1 heteroatoms. The lowest BCUT2D eigenvalue weighted by Crippen LogP contribution is -1.96. The lowest BCUT2D eigenvalue weighted by Gasteiger charge is -2.06. The Morgan fingerprint density at radius 2 is 2.33 bits per heavy atom. The van der Waals surface area contributed by atoms with Gasteiger partial charge in [0.1, 0.15) is 6.29 Å². The van der Waals surface area contributed by atoms with Crippen LogP contribution in [-0.4, -0.2) is 6.29 Å². The number of aryl methyl sites for hydroxylation is 2. The van der Waals surface area contributed by atoms with Gasteiger partial charge >= 0.3 is 0 Å². The third-order valence-electron chi connectivity index (χ3n) is 2.67. The van der Waals surface area contributed by atoms with E-state index in [0.29, 0.717) is 0 Å². The predicted molar refractivity (Wildman–Crippen MR) is 48.3 cm³/mol. The second kappa shape index (κ2) is 2.74. The number of carbonyl (C=O) groups is 1. The largest absolute Gasteiger partial charge is 0.303 e. The molecule has 1 aromatic carbocycles. The maximum atomic E-state index is 10.7. The second-order valence-electron chi connectivity index (χ2n) is 3.43. The van der Waals surface area contributed by atoms with E-state index in [4.69, 9.17) is 0 Å². The summed E-state index contributed by atoms with van der Waals surface area (Å²) < 4.78 is 0. The van der Waals surface area contributed by atoms with Crippen LogP contribution in [0.2, 0.25) is 0 Å². The fourth-order valence-corrected chi connectivity index (χ4v) is 2.08. The number of rotatable bonds is 1. The molecule has 1 nitrogen and oxygen atoms in total. The van der Waals surface area contributed by atoms with Gasteiger partial charge in [-0.25, -0.2) is 0 Å². The van der Waals surface area contributed by atoms with Crippen LogP contribution in [0.5, 0.6) is 0 Å². The first-order valence-corrected chi connectivity index (χ1v) is 4.36. The predicted octanol–water partition coefficient (Wildman–Crippen LogP) is 2.22. The molecule has 0 radical (unpaired) electrons. The summed E-state index contributed by atoms with van der Waals surface area (Å²) in [6.45, 7) is 2.08. The molecule has 2 rings (SSSR count). The summed E-state index contributed by atoms with van der Waals surface area (Å²) >= 11 is 0. The van der Waals surface area contributed by atoms with Gasteiger partial charge in [-0.3, -0.25) is 0 Å². The Morgan fingerprint density at radius 3 is 3.08 bits per heavy atom. The summed E-state index contributed by atoms with van der Waals surface area (Å²) in [7, 11) is 0. The molecule has 0 fully saturated rings. The van der Waals surface area contributed by atoms with E-state index in [2.05, 4.69) is 25.1 Å². The summed E-state index contributed by atoms with van der Waals surface area (Å²) in [5.74, 6) is 0.168. The van der Waals surface area contributed by atoms with E-state index >= 15 is 0 Å². The molecule has 1 unspecified atom stereocenters. The van der Waals surface area contributed by atoms with Gasteiger partial charge in [0.2, 0.25) is 0 Å². The van der Waals surface area contributed by atoms with Crippen molar-refractivity contribution in [1.82, 2.24) is 0 Å². The third kappa shape index (κ3) is 0.970. The van der Waals surface area contributed by atoms with Gasteiger partial charge in [-0.15, -0.1) is 0 Å². The van der Waals surface area contributed by atoms with Crippen molar-refractivity contribution in [3.8, 4) is 0 Å². The average molecular weight is 160 g/mol. The number of hydrogen-bond donors (Lipinski definition) is 0. The summed E-state index contributed by atoms with van der Waals surface area (Å²) in [6, 6.07) is 6.29. The van der Waals surface area contributed by atoms with Gasteiger partial charge < -0.3 is 4.79 Å². The zero-order chi connectivity index (χ0) is 8.55. The first kappa shape index (κ1) is 7.53. The van der Waals surface area contributed by atoms with Gasteiger partial charge in [-0.2, -0.15) is 0 Å². The van der Waals surface area contributed by atoms with Crippen LogP contribution in [0.3, 0.4) is 0 Å². The molecule has 1 aliphatic carbocycles. The van der Waals surface area contributed by atoms with Crippen LogP contribution < -0.4 is 0 Å². The highest BCUT2D eigenvalue weighted by Gasteiger charge is 2.22. The Hall–Kier alpha value is -1.11. The van der Waals surface area contributed by atoms with Crippen LogP contribution in [0.25, 0.3) is 0 Å².